The second-order valence-electron chi connectivity index (χ2n) is 6.05. The van der Waals surface area contributed by atoms with E-state index < -0.39 is 12.1 Å². The molecule has 2 aromatic carbocycles. The molecule has 1 aliphatic rings. The summed E-state index contributed by atoms with van der Waals surface area (Å²) >= 11 is 0. The van der Waals surface area contributed by atoms with Crippen molar-refractivity contribution >= 4 is 17.5 Å². The van der Waals surface area contributed by atoms with Crippen LogP contribution in [0.5, 0.6) is 0 Å². The van der Waals surface area contributed by atoms with Crippen LogP contribution in [0.3, 0.4) is 0 Å². The number of ketones is 1. The monoisotopic (exact) mass is 342 g/mol. The SMILES string of the molecule is O=C(NCC(O)c1ccc(F)cc1)Nc1ccc2c(c1)C(=O)CCC2. The third-order valence-corrected chi connectivity index (χ3v) is 4.23. The van der Waals surface area contributed by atoms with Gasteiger partial charge in [-0.2, -0.15) is 0 Å². The average molecular weight is 342 g/mol. The maximum Gasteiger partial charge on any atom is 0.319 e. The normalized spacial score (nSPS) is 14.6. The Morgan fingerprint density at radius 1 is 1.16 bits per heavy atom. The first kappa shape index (κ1) is 17.1. The number of benzene rings is 2. The fourth-order valence-corrected chi connectivity index (χ4v) is 2.87. The molecule has 3 N–H and O–H groups in total. The molecule has 0 saturated carbocycles. The van der Waals surface area contributed by atoms with Crippen LogP contribution in [-0.4, -0.2) is 23.5 Å². The van der Waals surface area contributed by atoms with E-state index in [9.17, 15) is 19.1 Å². The zero-order valence-corrected chi connectivity index (χ0v) is 13.6. The van der Waals surface area contributed by atoms with Gasteiger partial charge in [0, 0.05) is 24.2 Å². The molecular weight excluding hydrogens is 323 g/mol. The number of urea groups is 1. The summed E-state index contributed by atoms with van der Waals surface area (Å²) in [6.45, 7) is -0.0126. The summed E-state index contributed by atoms with van der Waals surface area (Å²) in [6, 6.07) is 10.3. The number of carbonyl (C=O) groups excluding carboxylic acids is 2. The number of amides is 2. The Kier molecular flexibility index (Phi) is 5.09. The van der Waals surface area contributed by atoms with E-state index in [1.54, 1.807) is 12.1 Å². The molecular formula is C19H19FN2O3. The van der Waals surface area contributed by atoms with Crippen molar-refractivity contribution in [2.75, 3.05) is 11.9 Å². The lowest BCUT2D eigenvalue weighted by atomic mass is 9.90. The van der Waals surface area contributed by atoms with Gasteiger partial charge in [-0.3, -0.25) is 4.79 Å². The van der Waals surface area contributed by atoms with Gasteiger partial charge in [-0.05, 0) is 48.2 Å². The number of fused-ring (bicyclic) bond motifs is 1. The average Bonchev–Trinajstić information content (AvgIpc) is 2.61. The van der Waals surface area contributed by atoms with Crippen molar-refractivity contribution in [2.24, 2.45) is 0 Å². The fraction of sp³-hybridized carbons (Fsp3) is 0.263. The summed E-state index contributed by atoms with van der Waals surface area (Å²) in [5.74, 6) is -0.291. The van der Waals surface area contributed by atoms with Crippen molar-refractivity contribution in [1.29, 1.82) is 0 Å². The van der Waals surface area contributed by atoms with E-state index in [0.717, 1.165) is 18.4 Å². The van der Waals surface area contributed by atoms with Gasteiger partial charge >= 0.3 is 6.03 Å². The molecule has 1 atom stereocenters. The van der Waals surface area contributed by atoms with Crippen molar-refractivity contribution in [1.82, 2.24) is 5.32 Å². The number of rotatable bonds is 4. The molecule has 6 heteroatoms. The molecule has 25 heavy (non-hydrogen) atoms. The molecule has 1 aliphatic carbocycles. The second kappa shape index (κ2) is 7.44. The summed E-state index contributed by atoms with van der Waals surface area (Å²) in [6.07, 6.45) is 1.33. The Balaban J connectivity index is 1.56. The molecule has 0 heterocycles. The summed E-state index contributed by atoms with van der Waals surface area (Å²) in [4.78, 5) is 23.9. The van der Waals surface area contributed by atoms with Crippen molar-refractivity contribution < 1.29 is 19.1 Å². The minimum atomic E-state index is -0.934. The standard InChI is InChI=1S/C19H19FN2O3/c20-14-7-4-13(5-8-14)18(24)11-21-19(25)22-15-9-6-12-2-1-3-17(23)16(12)10-15/h4-10,18,24H,1-3,11H2,(H2,21,22,25). The van der Waals surface area contributed by atoms with Gasteiger partial charge in [0.1, 0.15) is 5.82 Å². The molecule has 2 aromatic rings. The zero-order chi connectivity index (χ0) is 17.8. The van der Waals surface area contributed by atoms with Crippen LogP contribution in [0.15, 0.2) is 42.5 Å². The van der Waals surface area contributed by atoms with Crippen molar-refractivity contribution in [3.8, 4) is 0 Å². The number of aliphatic hydroxyl groups excluding tert-OH is 1. The minimum absolute atomic E-state index is 0.0126. The third kappa shape index (κ3) is 4.22. The van der Waals surface area contributed by atoms with Crippen molar-refractivity contribution in [2.45, 2.75) is 25.4 Å². The highest BCUT2D eigenvalue weighted by atomic mass is 19.1. The number of aryl methyl sites for hydroxylation is 1. The Bertz CT molecular complexity index is 790. The van der Waals surface area contributed by atoms with Crippen LogP contribution >= 0.6 is 0 Å². The van der Waals surface area contributed by atoms with Gasteiger partial charge in [-0.1, -0.05) is 18.2 Å². The smallest absolute Gasteiger partial charge is 0.319 e. The molecule has 0 aromatic heterocycles. The number of hydrogen-bond acceptors (Lipinski definition) is 3. The van der Waals surface area contributed by atoms with Crippen LogP contribution in [0.1, 0.15) is 40.4 Å². The fourth-order valence-electron chi connectivity index (χ4n) is 2.87. The maximum absolute atomic E-state index is 12.9. The molecule has 0 radical (unpaired) electrons. The van der Waals surface area contributed by atoms with Gasteiger partial charge in [0.15, 0.2) is 5.78 Å². The lowest BCUT2D eigenvalue weighted by Crippen LogP contribution is -2.32. The number of aliphatic hydroxyl groups is 1. The van der Waals surface area contributed by atoms with Crippen LogP contribution in [0.2, 0.25) is 0 Å². The third-order valence-electron chi connectivity index (χ3n) is 4.23. The quantitative estimate of drug-likeness (QED) is 0.798. The molecule has 0 fully saturated rings. The van der Waals surface area contributed by atoms with Gasteiger partial charge in [-0.25, -0.2) is 9.18 Å². The molecule has 1 unspecified atom stereocenters. The van der Waals surface area contributed by atoms with Crippen LogP contribution in [0, 0.1) is 5.82 Å². The highest BCUT2D eigenvalue weighted by molar-refractivity contribution is 6.00. The van der Waals surface area contributed by atoms with Crippen molar-refractivity contribution in [3.05, 3.63) is 65.0 Å². The largest absolute Gasteiger partial charge is 0.387 e. The van der Waals surface area contributed by atoms with E-state index >= 15 is 0 Å². The number of anilines is 1. The highest BCUT2D eigenvalue weighted by Crippen LogP contribution is 2.24. The van der Waals surface area contributed by atoms with Gasteiger partial charge in [0.2, 0.25) is 0 Å². The lowest BCUT2D eigenvalue weighted by molar-refractivity contribution is 0.0972. The van der Waals surface area contributed by atoms with Gasteiger partial charge in [-0.15, -0.1) is 0 Å². The van der Waals surface area contributed by atoms with E-state index in [1.165, 1.54) is 24.3 Å². The summed E-state index contributed by atoms with van der Waals surface area (Å²) in [5, 5.41) is 15.2. The first-order chi connectivity index (χ1) is 12.0. The molecule has 2 amide bonds. The lowest BCUT2D eigenvalue weighted by Gasteiger charge is -2.16. The summed E-state index contributed by atoms with van der Waals surface area (Å²) < 4.78 is 12.9. The molecule has 5 nitrogen and oxygen atoms in total. The Morgan fingerprint density at radius 3 is 2.68 bits per heavy atom. The Labute approximate surface area is 144 Å². The first-order valence-electron chi connectivity index (χ1n) is 8.17. The maximum atomic E-state index is 12.9. The number of nitrogens with one attached hydrogen (secondary N) is 2. The number of hydrogen-bond donors (Lipinski definition) is 3. The topological polar surface area (TPSA) is 78.4 Å². The molecule has 0 bridgehead atoms. The summed E-state index contributed by atoms with van der Waals surface area (Å²) in [5.41, 5.74) is 2.72. The molecule has 3 rings (SSSR count). The number of halogens is 1. The van der Waals surface area contributed by atoms with E-state index in [1.807, 2.05) is 6.07 Å². The molecule has 0 spiro atoms. The van der Waals surface area contributed by atoms with E-state index in [0.29, 0.717) is 23.2 Å². The van der Waals surface area contributed by atoms with E-state index in [4.69, 9.17) is 0 Å². The second-order valence-corrected chi connectivity index (χ2v) is 6.05. The van der Waals surface area contributed by atoms with Gasteiger partial charge in [0.25, 0.3) is 0 Å². The Hall–Kier alpha value is -2.73. The molecule has 0 aliphatic heterocycles. The predicted molar refractivity (Wildman–Crippen MR) is 92.1 cm³/mol. The van der Waals surface area contributed by atoms with Crippen LogP contribution < -0.4 is 10.6 Å². The van der Waals surface area contributed by atoms with E-state index in [-0.39, 0.29) is 18.1 Å². The van der Waals surface area contributed by atoms with Crippen molar-refractivity contribution in [3.63, 3.8) is 0 Å². The van der Waals surface area contributed by atoms with Crippen LogP contribution in [0.4, 0.5) is 14.9 Å². The molecule has 0 saturated heterocycles. The summed E-state index contributed by atoms with van der Waals surface area (Å²) in [7, 11) is 0. The number of carbonyl (C=O) groups is 2. The van der Waals surface area contributed by atoms with Crippen LogP contribution in [-0.2, 0) is 6.42 Å². The zero-order valence-electron chi connectivity index (χ0n) is 13.6. The number of Topliss-reactive ketones (excluding diaryl/α,β-unsaturated/α-hetero) is 1. The minimum Gasteiger partial charge on any atom is -0.387 e. The molecule has 130 valence electrons. The highest BCUT2D eigenvalue weighted by Gasteiger charge is 2.18. The van der Waals surface area contributed by atoms with Gasteiger partial charge in [0.05, 0.1) is 6.10 Å². The Morgan fingerprint density at radius 2 is 1.92 bits per heavy atom. The first-order valence-corrected chi connectivity index (χ1v) is 8.17. The predicted octanol–water partition coefficient (Wildman–Crippen LogP) is 3.20. The van der Waals surface area contributed by atoms with E-state index in [2.05, 4.69) is 10.6 Å². The van der Waals surface area contributed by atoms with Gasteiger partial charge < -0.3 is 15.7 Å². The van der Waals surface area contributed by atoms with Crippen LogP contribution in [0.25, 0.3) is 0 Å².